The van der Waals surface area contributed by atoms with E-state index in [2.05, 4.69) is 15.8 Å². The molecule has 2 amide bonds. The Labute approximate surface area is 244 Å². The van der Waals surface area contributed by atoms with E-state index in [1.165, 1.54) is 24.3 Å². The van der Waals surface area contributed by atoms with Gasteiger partial charge in [0.2, 0.25) is 15.9 Å². The Morgan fingerprint density at radius 2 is 1.88 bits per heavy atom. The number of fused-ring (bicyclic) bond motifs is 1. The second-order valence-corrected chi connectivity index (χ2v) is 13.0. The second kappa shape index (κ2) is 13.3. The largest absolute Gasteiger partial charge is 0.446 e. The number of nitrogens with one attached hydrogen (secondary N) is 2. The average Bonchev–Trinajstić information content (AvgIpc) is 3.72. The van der Waals surface area contributed by atoms with Crippen LogP contribution in [-0.2, 0) is 30.7 Å². The molecule has 2 aromatic rings. The minimum absolute atomic E-state index is 0.0759. The van der Waals surface area contributed by atoms with E-state index in [0.717, 1.165) is 22.7 Å². The second-order valence-electron chi connectivity index (χ2n) is 11.1. The number of hydrogen-bond acceptors (Lipinski definition) is 9. The minimum Gasteiger partial charge on any atom is -0.446 e. The number of alkyl carbamates (subject to hydrolysis) is 1. The number of benzene rings is 2. The average molecular weight is 601 g/mol. The summed E-state index contributed by atoms with van der Waals surface area (Å²) in [4.78, 5) is 35.7. The van der Waals surface area contributed by atoms with Crippen LogP contribution in [0.5, 0.6) is 0 Å². The summed E-state index contributed by atoms with van der Waals surface area (Å²) in [5.41, 5.74) is 0.911. The molecule has 1 aliphatic carbocycles. The van der Waals surface area contributed by atoms with Gasteiger partial charge in [0.05, 0.1) is 23.1 Å². The van der Waals surface area contributed by atoms with Gasteiger partial charge in [-0.15, -0.1) is 4.91 Å². The molecule has 3 aliphatic rings. The molecule has 2 aromatic carbocycles. The number of carbonyl (C=O) groups excluding carboxylic acids is 2. The Bertz CT molecular complexity index is 1360. The molecule has 1 saturated carbocycles. The lowest BCUT2D eigenvalue weighted by atomic mass is 10.0. The number of hydrogen-bond donors (Lipinski definition) is 3. The maximum atomic E-state index is 13.7. The van der Waals surface area contributed by atoms with E-state index in [0.29, 0.717) is 19.4 Å². The molecule has 0 aromatic heterocycles. The molecule has 0 spiro atoms. The Morgan fingerprint density at radius 3 is 2.57 bits per heavy atom. The zero-order valence-corrected chi connectivity index (χ0v) is 23.9. The number of nitrogens with zero attached hydrogens (tertiary/aromatic N) is 2. The van der Waals surface area contributed by atoms with Gasteiger partial charge in [-0.25, -0.2) is 13.2 Å². The third-order valence-electron chi connectivity index (χ3n) is 8.28. The van der Waals surface area contributed by atoms with Crippen molar-refractivity contribution in [1.29, 1.82) is 0 Å². The van der Waals surface area contributed by atoms with E-state index in [9.17, 15) is 28.0 Å². The van der Waals surface area contributed by atoms with Gasteiger partial charge in [-0.3, -0.25) is 4.79 Å². The van der Waals surface area contributed by atoms with Crippen molar-refractivity contribution in [2.45, 2.75) is 73.8 Å². The molecular formula is C29H36N4O8S. The fourth-order valence-electron chi connectivity index (χ4n) is 6.05. The standard InChI is InChI=1S/C29H36N4O8S/c34-25(18-33(17-21-8-13-28(35)30-21)42(38,39)22-9-6-20(32-37)7-10-22)24(16-19-4-2-1-3-5-19)31-29(36)41-27-12-11-26-23(27)14-15-40-26/h1-7,9-10,21,23-27,34H,8,11-18H2,(H,30,35)(H,31,36)/t21-,23+,24-,25+,26+,27?/m0/s1. The van der Waals surface area contributed by atoms with Crippen LogP contribution in [0.25, 0.3) is 0 Å². The van der Waals surface area contributed by atoms with E-state index in [1.54, 1.807) is 0 Å². The first-order valence-corrected chi connectivity index (χ1v) is 15.7. The lowest BCUT2D eigenvalue weighted by molar-refractivity contribution is -0.119. The fraction of sp³-hybridized carbons (Fsp3) is 0.517. The molecule has 3 N–H and O–H groups in total. The van der Waals surface area contributed by atoms with Crippen molar-refractivity contribution in [3.05, 3.63) is 65.1 Å². The molecule has 2 saturated heterocycles. The fourth-order valence-corrected chi connectivity index (χ4v) is 7.55. The molecule has 226 valence electrons. The van der Waals surface area contributed by atoms with Gasteiger partial charge in [0.1, 0.15) is 11.8 Å². The third kappa shape index (κ3) is 7.14. The van der Waals surface area contributed by atoms with Gasteiger partial charge < -0.3 is 25.2 Å². The molecule has 0 bridgehead atoms. The monoisotopic (exact) mass is 600 g/mol. The van der Waals surface area contributed by atoms with Crippen LogP contribution in [0.2, 0.25) is 0 Å². The van der Waals surface area contributed by atoms with E-state index >= 15 is 0 Å². The third-order valence-corrected chi connectivity index (χ3v) is 10.1. The highest BCUT2D eigenvalue weighted by Gasteiger charge is 2.43. The van der Waals surface area contributed by atoms with Gasteiger partial charge in [-0.05, 0) is 67.1 Å². The number of ether oxygens (including phenoxy) is 2. The zero-order chi connectivity index (χ0) is 29.7. The maximum absolute atomic E-state index is 13.7. The minimum atomic E-state index is -4.17. The van der Waals surface area contributed by atoms with Crippen LogP contribution in [-0.4, -0.2) is 79.9 Å². The first-order chi connectivity index (χ1) is 20.2. The smallest absolute Gasteiger partial charge is 0.407 e. The predicted octanol–water partition coefficient (Wildman–Crippen LogP) is 2.62. The van der Waals surface area contributed by atoms with Gasteiger partial charge in [0.15, 0.2) is 0 Å². The Kier molecular flexibility index (Phi) is 9.51. The summed E-state index contributed by atoms with van der Waals surface area (Å²) in [6.45, 7) is 0.209. The van der Waals surface area contributed by atoms with Crippen LogP contribution < -0.4 is 10.6 Å². The molecule has 3 fully saturated rings. The Balaban J connectivity index is 1.35. The summed E-state index contributed by atoms with van der Waals surface area (Å²) in [6.07, 6.45) is 1.11. The van der Waals surface area contributed by atoms with Gasteiger partial charge in [0, 0.05) is 38.1 Å². The van der Waals surface area contributed by atoms with Crippen LogP contribution in [0.4, 0.5) is 10.5 Å². The number of sulfonamides is 1. The molecule has 2 aliphatic heterocycles. The van der Waals surface area contributed by atoms with E-state index in [-0.39, 0.29) is 60.5 Å². The summed E-state index contributed by atoms with van der Waals surface area (Å²) in [5, 5.41) is 19.9. The predicted molar refractivity (Wildman–Crippen MR) is 152 cm³/mol. The molecule has 0 radical (unpaired) electrons. The van der Waals surface area contributed by atoms with Gasteiger partial charge in [-0.1, -0.05) is 30.3 Å². The van der Waals surface area contributed by atoms with E-state index in [1.807, 2.05) is 30.3 Å². The lowest BCUT2D eigenvalue weighted by Crippen LogP contribution is -2.52. The number of nitroso groups, excluding NO2 is 1. The van der Waals surface area contributed by atoms with Crippen LogP contribution in [0.3, 0.4) is 0 Å². The molecule has 42 heavy (non-hydrogen) atoms. The number of aliphatic hydroxyl groups is 1. The quantitative estimate of drug-likeness (QED) is 0.313. The highest BCUT2D eigenvalue weighted by atomic mass is 32.2. The van der Waals surface area contributed by atoms with Crippen molar-refractivity contribution in [3.8, 4) is 0 Å². The van der Waals surface area contributed by atoms with Crippen molar-refractivity contribution in [2.24, 2.45) is 11.1 Å². The summed E-state index contributed by atoms with van der Waals surface area (Å²) in [5.74, 6) is -0.0243. The van der Waals surface area contributed by atoms with Crippen molar-refractivity contribution in [1.82, 2.24) is 14.9 Å². The molecule has 1 unspecified atom stereocenters. The molecule has 13 heteroatoms. The van der Waals surface area contributed by atoms with Crippen LogP contribution in [0.15, 0.2) is 64.7 Å². The number of carbonyl (C=O) groups is 2. The summed E-state index contributed by atoms with van der Waals surface area (Å²) >= 11 is 0. The Morgan fingerprint density at radius 1 is 1.12 bits per heavy atom. The summed E-state index contributed by atoms with van der Waals surface area (Å²) in [7, 11) is -4.17. The highest BCUT2D eigenvalue weighted by Crippen LogP contribution is 2.37. The molecular weight excluding hydrogens is 564 g/mol. The lowest BCUT2D eigenvalue weighted by Gasteiger charge is -2.31. The normalized spacial score (nSPS) is 25.0. The molecule has 12 nitrogen and oxygen atoms in total. The van der Waals surface area contributed by atoms with Gasteiger partial charge in [-0.2, -0.15) is 4.31 Å². The van der Waals surface area contributed by atoms with Gasteiger partial charge in [0.25, 0.3) is 0 Å². The number of rotatable bonds is 12. The first kappa shape index (κ1) is 30.1. The zero-order valence-electron chi connectivity index (χ0n) is 23.1. The molecule has 5 rings (SSSR count). The van der Waals surface area contributed by atoms with E-state index < -0.39 is 34.3 Å². The first-order valence-electron chi connectivity index (χ1n) is 14.3. The van der Waals surface area contributed by atoms with Crippen molar-refractivity contribution in [2.75, 3.05) is 19.7 Å². The highest BCUT2D eigenvalue weighted by molar-refractivity contribution is 7.89. The van der Waals surface area contributed by atoms with E-state index in [4.69, 9.17) is 9.47 Å². The van der Waals surface area contributed by atoms with Gasteiger partial charge >= 0.3 is 6.09 Å². The SMILES string of the molecule is O=Nc1ccc(S(=O)(=O)N(C[C@@H]2CCC(=O)N2)C[C@@H](O)[C@H](Cc2ccccc2)NC(=O)OC2CC[C@H]3OCC[C@@H]23)cc1. The topological polar surface area (TPSA) is 164 Å². The summed E-state index contributed by atoms with van der Waals surface area (Å²) in [6, 6.07) is 13.1. The Hall–Kier alpha value is -3.39. The maximum Gasteiger partial charge on any atom is 0.407 e. The number of amides is 2. The van der Waals surface area contributed by atoms with Crippen LogP contribution in [0.1, 0.15) is 37.7 Å². The van der Waals surface area contributed by atoms with Crippen molar-refractivity contribution in [3.63, 3.8) is 0 Å². The molecule has 6 atom stereocenters. The van der Waals surface area contributed by atoms with Crippen molar-refractivity contribution < 1.29 is 32.6 Å². The van der Waals surface area contributed by atoms with Crippen LogP contribution in [0, 0.1) is 10.8 Å². The van der Waals surface area contributed by atoms with Crippen molar-refractivity contribution >= 4 is 27.7 Å². The number of aliphatic hydroxyl groups excluding tert-OH is 1. The summed E-state index contributed by atoms with van der Waals surface area (Å²) < 4.78 is 40.1. The molecule has 2 heterocycles. The van der Waals surface area contributed by atoms with Crippen LogP contribution >= 0.6 is 0 Å².